The first-order valence-corrected chi connectivity index (χ1v) is 11.0. The van der Waals surface area contributed by atoms with E-state index in [0.717, 1.165) is 36.5 Å². The molecule has 2 aliphatic rings. The van der Waals surface area contributed by atoms with E-state index < -0.39 is 0 Å². The van der Waals surface area contributed by atoms with E-state index in [4.69, 9.17) is 16.3 Å². The van der Waals surface area contributed by atoms with Crippen LogP contribution in [-0.2, 0) is 4.74 Å². The van der Waals surface area contributed by atoms with Crippen molar-refractivity contribution in [2.24, 2.45) is 0 Å². The van der Waals surface area contributed by atoms with E-state index in [-0.39, 0.29) is 18.0 Å². The number of hydrogen-bond acceptors (Lipinski definition) is 6. The van der Waals surface area contributed by atoms with Gasteiger partial charge in [0.25, 0.3) is 5.91 Å². The molecule has 1 aromatic heterocycles. The molecule has 1 aromatic carbocycles. The number of hydrogen-bond donors (Lipinski definition) is 2. The molecule has 1 atom stereocenters. The number of halogens is 1. The fourth-order valence-corrected chi connectivity index (χ4v) is 4.41. The number of benzene rings is 1. The highest BCUT2D eigenvalue weighted by Crippen LogP contribution is 2.28. The number of anilines is 1. The third kappa shape index (κ3) is 5.28. The lowest BCUT2D eigenvalue weighted by molar-refractivity contribution is 0.0187. The molecule has 0 bridgehead atoms. The standard InChI is InChI=1S/C22H28ClN5O2/c23-18-8-4-3-7-17(18)20(28-11-13-30-14-12-28)15-24-21-10-9-19(26-27-21)22(29)25-16-5-1-2-6-16/h3-4,7-10,16,20H,1-2,5-6,11-15H2,(H,24,27)(H,25,29). The van der Waals surface area contributed by atoms with Crippen molar-refractivity contribution in [1.29, 1.82) is 0 Å². The number of rotatable bonds is 7. The number of amides is 1. The first-order valence-electron chi connectivity index (χ1n) is 10.7. The van der Waals surface area contributed by atoms with E-state index in [2.05, 4.69) is 31.8 Å². The van der Waals surface area contributed by atoms with Crippen LogP contribution in [0.1, 0.15) is 47.8 Å². The summed E-state index contributed by atoms with van der Waals surface area (Å²) in [6.07, 6.45) is 4.44. The maximum Gasteiger partial charge on any atom is 0.272 e. The fourth-order valence-electron chi connectivity index (χ4n) is 4.15. The summed E-state index contributed by atoms with van der Waals surface area (Å²) in [5, 5.41) is 15.5. The Kier molecular flexibility index (Phi) is 7.15. The summed E-state index contributed by atoms with van der Waals surface area (Å²) in [5.41, 5.74) is 1.43. The molecule has 1 saturated carbocycles. The topological polar surface area (TPSA) is 79.4 Å². The Morgan fingerprint density at radius 1 is 1.13 bits per heavy atom. The molecule has 0 spiro atoms. The molecule has 1 amide bonds. The molecular formula is C22H28ClN5O2. The zero-order valence-electron chi connectivity index (χ0n) is 17.0. The average Bonchev–Trinajstić information content (AvgIpc) is 3.29. The third-order valence-electron chi connectivity index (χ3n) is 5.81. The second-order valence-electron chi connectivity index (χ2n) is 7.83. The van der Waals surface area contributed by atoms with Crippen molar-refractivity contribution >= 4 is 23.3 Å². The zero-order chi connectivity index (χ0) is 20.8. The quantitative estimate of drug-likeness (QED) is 0.703. The number of carbonyl (C=O) groups is 1. The third-order valence-corrected chi connectivity index (χ3v) is 6.16. The number of nitrogens with one attached hydrogen (secondary N) is 2. The highest BCUT2D eigenvalue weighted by Gasteiger charge is 2.24. The summed E-state index contributed by atoms with van der Waals surface area (Å²) in [4.78, 5) is 14.7. The van der Waals surface area contributed by atoms with Gasteiger partial charge in [0.05, 0.1) is 19.3 Å². The monoisotopic (exact) mass is 429 g/mol. The number of carbonyl (C=O) groups excluding carboxylic acids is 1. The number of aromatic nitrogens is 2. The highest BCUT2D eigenvalue weighted by atomic mass is 35.5. The Hall–Kier alpha value is -2.22. The minimum Gasteiger partial charge on any atom is -0.379 e. The van der Waals surface area contributed by atoms with E-state index >= 15 is 0 Å². The Labute approximate surface area is 182 Å². The molecule has 4 rings (SSSR count). The molecule has 0 radical (unpaired) electrons. The van der Waals surface area contributed by atoms with Crippen molar-refractivity contribution in [3.63, 3.8) is 0 Å². The normalized spacial score (nSPS) is 18.8. The van der Waals surface area contributed by atoms with E-state index in [1.165, 1.54) is 12.8 Å². The van der Waals surface area contributed by atoms with Crippen LogP contribution in [0.15, 0.2) is 36.4 Å². The fraction of sp³-hybridized carbons (Fsp3) is 0.500. The molecule has 1 saturated heterocycles. The van der Waals surface area contributed by atoms with Gasteiger partial charge in [-0.2, -0.15) is 0 Å². The molecule has 1 unspecified atom stereocenters. The van der Waals surface area contributed by atoms with Gasteiger partial charge in [-0.15, -0.1) is 10.2 Å². The molecule has 2 fully saturated rings. The Morgan fingerprint density at radius 2 is 1.90 bits per heavy atom. The minimum absolute atomic E-state index is 0.0924. The van der Waals surface area contributed by atoms with Gasteiger partial charge in [-0.1, -0.05) is 42.6 Å². The van der Waals surface area contributed by atoms with Crippen molar-refractivity contribution < 1.29 is 9.53 Å². The molecule has 8 heteroatoms. The van der Waals surface area contributed by atoms with Crippen LogP contribution < -0.4 is 10.6 Å². The van der Waals surface area contributed by atoms with E-state index in [1.54, 1.807) is 12.1 Å². The SMILES string of the molecule is O=C(NC1CCCC1)c1ccc(NCC(c2ccccc2Cl)N2CCOCC2)nn1. The molecule has 2 aromatic rings. The first kappa shape index (κ1) is 21.0. The maximum absolute atomic E-state index is 12.3. The lowest BCUT2D eigenvalue weighted by Crippen LogP contribution is -2.41. The molecular weight excluding hydrogens is 402 g/mol. The highest BCUT2D eigenvalue weighted by molar-refractivity contribution is 6.31. The first-order chi connectivity index (χ1) is 14.7. The number of ether oxygens (including phenoxy) is 1. The van der Waals surface area contributed by atoms with Gasteiger partial charge in [0.1, 0.15) is 5.82 Å². The van der Waals surface area contributed by atoms with Gasteiger partial charge in [-0.05, 0) is 36.6 Å². The van der Waals surface area contributed by atoms with E-state index in [1.807, 2.05) is 18.2 Å². The van der Waals surface area contributed by atoms with Crippen LogP contribution in [0.25, 0.3) is 0 Å². The van der Waals surface area contributed by atoms with Crippen LogP contribution in [0.2, 0.25) is 5.02 Å². The summed E-state index contributed by atoms with van der Waals surface area (Å²) in [5.74, 6) is 0.487. The molecule has 7 nitrogen and oxygen atoms in total. The van der Waals surface area contributed by atoms with Gasteiger partial charge < -0.3 is 15.4 Å². The largest absolute Gasteiger partial charge is 0.379 e. The van der Waals surface area contributed by atoms with Gasteiger partial charge in [0.2, 0.25) is 0 Å². The predicted octanol–water partition coefficient (Wildman–Crippen LogP) is 3.29. The van der Waals surface area contributed by atoms with Crippen molar-refractivity contribution in [2.75, 3.05) is 38.2 Å². The summed E-state index contributed by atoms with van der Waals surface area (Å²) in [6, 6.07) is 11.8. The molecule has 160 valence electrons. The van der Waals surface area contributed by atoms with Crippen molar-refractivity contribution in [3.05, 3.63) is 52.7 Å². The Bertz CT molecular complexity index is 836. The van der Waals surface area contributed by atoms with E-state index in [0.29, 0.717) is 31.3 Å². The van der Waals surface area contributed by atoms with Crippen LogP contribution in [0.4, 0.5) is 5.82 Å². The summed E-state index contributed by atoms with van der Waals surface area (Å²) >= 11 is 6.49. The molecule has 30 heavy (non-hydrogen) atoms. The predicted molar refractivity (Wildman–Crippen MR) is 117 cm³/mol. The summed E-state index contributed by atoms with van der Waals surface area (Å²) < 4.78 is 5.51. The van der Waals surface area contributed by atoms with Gasteiger partial charge in [0, 0.05) is 30.7 Å². The molecule has 2 heterocycles. The van der Waals surface area contributed by atoms with Gasteiger partial charge in [-0.25, -0.2) is 0 Å². The van der Waals surface area contributed by atoms with Gasteiger partial charge in [-0.3, -0.25) is 9.69 Å². The Balaban J connectivity index is 1.40. The van der Waals surface area contributed by atoms with Crippen molar-refractivity contribution in [2.45, 2.75) is 37.8 Å². The Morgan fingerprint density at radius 3 is 2.60 bits per heavy atom. The van der Waals surface area contributed by atoms with Gasteiger partial charge >= 0.3 is 0 Å². The average molecular weight is 430 g/mol. The lowest BCUT2D eigenvalue weighted by atomic mass is 10.0. The summed E-state index contributed by atoms with van der Waals surface area (Å²) in [7, 11) is 0. The van der Waals surface area contributed by atoms with Crippen LogP contribution in [0, 0.1) is 0 Å². The molecule has 2 N–H and O–H groups in total. The van der Waals surface area contributed by atoms with Crippen LogP contribution in [0.3, 0.4) is 0 Å². The van der Waals surface area contributed by atoms with Gasteiger partial charge in [0.15, 0.2) is 5.69 Å². The number of nitrogens with zero attached hydrogens (tertiary/aromatic N) is 3. The van der Waals surface area contributed by atoms with Crippen LogP contribution in [-0.4, -0.2) is 59.9 Å². The van der Waals surface area contributed by atoms with Crippen LogP contribution >= 0.6 is 11.6 Å². The van der Waals surface area contributed by atoms with Crippen molar-refractivity contribution in [1.82, 2.24) is 20.4 Å². The van der Waals surface area contributed by atoms with E-state index in [9.17, 15) is 4.79 Å². The minimum atomic E-state index is -0.150. The second kappa shape index (κ2) is 10.2. The smallest absolute Gasteiger partial charge is 0.272 e. The zero-order valence-corrected chi connectivity index (χ0v) is 17.8. The van der Waals surface area contributed by atoms with Crippen LogP contribution in [0.5, 0.6) is 0 Å². The molecule has 1 aliphatic carbocycles. The second-order valence-corrected chi connectivity index (χ2v) is 8.23. The number of morpholine rings is 1. The van der Waals surface area contributed by atoms with Crippen molar-refractivity contribution in [3.8, 4) is 0 Å². The lowest BCUT2D eigenvalue weighted by Gasteiger charge is -2.35. The summed E-state index contributed by atoms with van der Waals surface area (Å²) in [6.45, 7) is 3.76. The molecule has 1 aliphatic heterocycles. The maximum atomic E-state index is 12.3.